The van der Waals surface area contributed by atoms with Gasteiger partial charge in [-0.2, -0.15) is 0 Å². The molecule has 0 heterocycles. The quantitative estimate of drug-likeness (QED) is 0.698. The Labute approximate surface area is 107 Å². The Hall–Kier alpha value is -1.44. The second kappa shape index (κ2) is 3.11. The van der Waals surface area contributed by atoms with Gasteiger partial charge >= 0.3 is 0 Å². The maximum absolute atomic E-state index is 12.2. The average molecular weight is 242 g/mol. The maximum Gasteiger partial charge on any atom is 0.164 e. The Balaban J connectivity index is 2.36. The molecule has 0 spiro atoms. The van der Waals surface area contributed by atoms with Gasteiger partial charge in [0.2, 0.25) is 0 Å². The summed E-state index contributed by atoms with van der Waals surface area (Å²) in [5.41, 5.74) is 3.28. The van der Waals surface area contributed by atoms with E-state index in [2.05, 4.69) is 39.8 Å². The molecule has 0 unspecified atom stereocenters. The molecule has 2 aliphatic carbocycles. The summed E-state index contributed by atoms with van der Waals surface area (Å²) in [5.74, 6) is 0.274. The number of fused-ring (bicyclic) bond motifs is 3. The van der Waals surface area contributed by atoms with E-state index in [0.29, 0.717) is 24.0 Å². The van der Waals surface area contributed by atoms with Crippen LogP contribution in [0.3, 0.4) is 0 Å². The van der Waals surface area contributed by atoms with E-state index in [9.17, 15) is 9.59 Å². The van der Waals surface area contributed by atoms with E-state index in [4.69, 9.17) is 0 Å². The molecular formula is C16H18O2. The summed E-state index contributed by atoms with van der Waals surface area (Å²) in [4.78, 5) is 24.5. The third-order valence-electron chi connectivity index (χ3n) is 4.43. The molecule has 0 N–H and O–H groups in total. The van der Waals surface area contributed by atoms with Gasteiger partial charge in [-0.05, 0) is 22.0 Å². The van der Waals surface area contributed by atoms with E-state index < -0.39 is 0 Å². The summed E-state index contributed by atoms with van der Waals surface area (Å²) < 4.78 is 0. The molecule has 1 aromatic rings. The molecule has 1 aromatic carbocycles. The maximum atomic E-state index is 12.2. The third kappa shape index (κ3) is 1.29. The predicted molar refractivity (Wildman–Crippen MR) is 70.4 cm³/mol. The number of benzene rings is 1. The van der Waals surface area contributed by atoms with E-state index in [1.807, 2.05) is 0 Å². The van der Waals surface area contributed by atoms with Crippen LogP contribution in [-0.4, -0.2) is 11.6 Å². The molecule has 0 saturated carbocycles. The monoisotopic (exact) mass is 242 g/mol. The minimum absolute atomic E-state index is 0.130. The Morgan fingerprint density at radius 3 is 1.44 bits per heavy atom. The number of hydrogen-bond acceptors (Lipinski definition) is 2. The van der Waals surface area contributed by atoms with E-state index in [1.165, 1.54) is 0 Å². The van der Waals surface area contributed by atoms with Crippen molar-refractivity contribution in [2.75, 3.05) is 0 Å². The summed E-state index contributed by atoms with van der Waals surface area (Å²) >= 11 is 0. The summed E-state index contributed by atoms with van der Waals surface area (Å²) in [6.45, 7) is 8.31. The van der Waals surface area contributed by atoms with Gasteiger partial charge in [0, 0.05) is 24.0 Å². The molecule has 0 aliphatic heterocycles. The molecule has 3 rings (SSSR count). The van der Waals surface area contributed by atoms with E-state index >= 15 is 0 Å². The lowest BCUT2D eigenvalue weighted by molar-refractivity contribution is 0.0950. The number of rotatable bonds is 0. The van der Waals surface area contributed by atoms with Crippen LogP contribution in [0, 0.1) is 0 Å². The molecule has 0 radical (unpaired) electrons. The fourth-order valence-electron chi connectivity index (χ4n) is 3.48. The van der Waals surface area contributed by atoms with E-state index in [1.54, 1.807) is 0 Å². The second-order valence-corrected chi connectivity index (χ2v) is 6.88. The van der Waals surface area contributed by atoms with Crippen molar-refractivity contribution < 1.29 is 9.59 Å². The SMILES string of the molecule is CC1(C)CC(=O)c2c1ccc1c2C(=O)CC1(C)C. The number of Topliss-reactive ketones (excluding diaryl/α,β-unsaturated/α-hetero) is 2. The molecule has 18 heavy (non-hydrogen) atoms. The first-order valence-electron chi connectivity index (χ1n) is 6.48. The summed E-state index contributed by atoms with van der Waals surface area (Å²) in [6.07, 6.45) is 1.04. The first kappa shape index (κ1) is 11.6. The van der Waals surface area contributed by atoms with Crippen LogP contribution >= 0.6 is 0 Å². The molecule has 0 atom stereocenters. The van der Waals surface area contributed by atoms with E-state index in [0.717, 1.165) is 11.1 Å². The predicted octanol–water partition coefficient (Wildman–Crippen LogP) is 3.41. The lowest BCUT2D eigenvalue weighted by atomic mass is 9.82. The van der Waals surface area contributed by atoms with Crippen LogP contribution in [0.15, 0.2) is 12.1 Å². The number of hydrogen-bond donors (Lipinski definition) is 0. The van der Waals surface area contributed by atoms with Crippen molar-refractivity contribution in [3.05, 3.63) is 34.4 Å². The minimum atomic E-state index is -0.130. The van der Waals surface area contributed by atoms with Crippen molar-refractivity contribution in [1.29, 1.82) is 0 Å². The fourth-order valence-corrected chi connectivity index (χ4v) is 3.48. The van der Waals surface area contributed by atoms with Crippen LogP contribution in [0.25, 0.3) is 0 Å². The Bertz CT molecular complexity index is 538. The van der Waals surface area contributed by atoms with Gasteiger partial charge in [0.1, 0.15) is 0 Å². The molecule has 2 heteroatoms. The van der Waals surface area contributed by atoms with Gasteiger partial charge in [-0.1, -0.05) is 39.8 Å². The lowest BCUT2D eigenvalue weighted by Crippen LogP contribution is -2.14. The van der Waals surface area contributed by atoms with Crippen LogP contribution in [0.2, 0.25) is 0 Å². The zero-order chi connectivity index (χ0) is 13.3. The number of carbonyl (C=O) groups excluding carboxylic acids is 2. The molecule has 0 bridgehead atoms. The zero-order valence-electron chi connectivity index (χ0n) is 11.4. The molecule has 0 saturated heterocycles. The van der Waals surface area contributed by atoms with Gasteiger partial charge < -0.3 is 0 Å². The van der Waals surface area contributed by atoms with Crippen LogP contribution in [-0.2, 0) is 10.8 Å². The summed E-state index contributed by atoms with van der Waals surface area (Å²) in [6, 6.07) is 4.11. The highest BCUT2D eigenvalue weighted by Crippen LogP contribution is 2.47. The Morgan fingerprint density at radius 2 is 1.11 bits per heavy atom. The molecule has 0 amide bonds. The van der Waals surface area contributed by atoms with Crippen LogP contribution < -0.4 is 0 Å². The highest BCUT2D eigenvalue weighted by molar-refractivity contribution is 6.15. The van der Waals surface area contributed by atoms with Crippen molar-refractivity contribution in [3.63, 3.8) is 0 Å². The highest BCUT2D eigenvalue weighted by atomic mass is 16.1. The van der Waals surface area contributed by atoms with Crippen molar-refractivity contribution in [2.24, 2.45) is 0 Å². The molecule has 94 valence electrons. The normalized spacial score (nSPS) is 23.1. The van der Waals surface area contributed by atoms with E-state index in [-0.39, 0.29) is 22.4 Å². The topological polar surface area (TPSA) is 34.1 Å². The Kier molecular flexibility index (Phi) is 2.01. The van der Waals surface area contributed by atoms with Crippen molar-refractivity contribution in [1.82, 2.24) is 0 Å². The lowest BCUT2D eigenvalue weighted by Gasteiger charge is -2.21. The van der Waals surface area contributed by atoms with Crippen LogP contribution in [0.5, 0.6) is 0 Å². The summed E-state index contributed by atoms with van der Waals surface area (Å²) in [5, 5.41) is 0. The van der Waals surface area contributed by atoms with Crippen molar-refractivity contribution >= 4 is 11.6 Å². The minimum Gasteiger partial charge on any atom is -0.294 e. The third-order valence-corrected chi connectivity index (χ3v) is 4.43. The first-order valence-corrected chi connectivity index (χ1v) is 6.48. The van der Waals surface area contributed by atoms with Gasteiger partial charge in [0.15, 0.2) is 11.6 Å². The smallest absolute Gasteiger partial charge is 0.164 e. The molecule has 2 nitrogen and oxygen atoms in total. The van der Waals surface area contributed by atoms with Gasteiger partial charge in [-0.15, -0.1) is 0 Å². The number of ketones is 2. The summed E-state index contributed by atoms with van der Waals surface area (Å²) in [7, 11) is 0. The zero-order valence-corrected chi connectivity index (χ0v) is 11.4. The van der Waals surface area contributed by atoms with Crippen LogP contribution in [0.4, 0.5) is 0 Å². The largest absolute Gasteiger partial charge is 0.294 e. The molecule has 0 aromatic heterocycles. The fraction of sp³-hybridized carbons (Fsp3) is 0.500. The van der Waals surface area contributed by atoms with Crippen LogP contribution in [0.1, 0.15) is 72.4 Å². The average Bonchev–Trinajstić information content (AvgIpc) is 2.60. The number of carbonyl (C=O) groups is 2. The Morgan fingerprint density at radius 1 is 0.778 bits per heavy atom. The standard InChI is InChI=1S/C16H18O2/c1-15(2)7-11(17)13-9(15)5-6-10-14(13)12(18)8-16(10,3)4/h5-6H,7-8H2,1-4H3. The van der Waals surface area contributed by atoms with Gasteiger partial charge in [0.05, 0.1) is 0 Å². The first-order chi connectivity index (χ1) is 8.24. The molecule has 2 aliphatic rings. The highest BCUT2D eigenvalue weighted by Gasteiger charge is 2.44. The molecule has 0 fully saturated rings. The van der Waals surface area contributed by atoms with Crippen molar-refractivity contribution in [2.45, 2.75) is 51.4 Å². The molecular weight excluding hydrogens is 224 g/mol. The van der Waals surface area contributed by atoms with Gasteiger partial charge in [-0.25, -0.2) is 0 Å². The second-order valence-electron chi connectivity index (χ2n) is 6.88. The van der Waals surface area contributed by atoms with Gasteiger partial charge in [0.25, 0.3) is 0 Å². The van der Waals surface area contributed by atoms with Crippen molar-refractivity contribution in [3.8, 4) is 0 Å². The van der Waals surface area contributed by atoms with Gasteiger partial charge in [-0.3, -0.25) is 9.59 Å².